The molecule has 2 unspecified atom stereocenters. The summed E-state index contributed by atoms with van der Waals surface area (Å²) in [6.45, 7) is 0. The van der Waals surface area contributed by atoms with E-state index < -0.39 is 70.2 Å². The molecule has 2 aromatic carbocycles. The van der Waals surface area contributed by atoms with Crippen LogP contribution in [0.2, 0.25) is 0 Å². The summed E-state index contributed by atoms with van der Waals surface area (Å²) in [5, 5.41) is 23.1. The number of benzene rings is 2. The highest BCUT2D eigenvalue weighted by Gasteiger charge is 2.69. The van der Waals surface area contributed by atoms with Crippen molar-refractivity contribution >= 4 is 46.9 Å². The van der Waals surface area contributed by atoms with Crippen LogP contribution < -0.4 is 10.6 Å². The van der Waals surface area contributed by atoms with Gasteiger partial charge in [-0.1, -0.05) is 24.3 Å². The van der Waals surface area contributed by atoms with Crippen LogP contribution in [0, 0.1) is 29.5 Å². The zero-order valence-electron chi connectivity index (χ0n) is 23.6. The second-order valence-electron chi connectivity index (χ2n) is 11.8. The second kappa shape index (κ2) is 10.2. The standard InChI is InChI=1S/C31H32FN3O7/c1-34(2)20-13-15(8-5-14-6-9-17(32)10-7-14)25(36)22-18(20)11-16-12-19-24(35(3)4)27(38)23(30(33)41)29(40)31(19,42)28(39)21(16)26(22)37/h5-10,13,16,19,21,23-24,36,42H,11-12H2,1-4H3,(H2,33,41)/b8-5+/t16-,19-,21?,23?,24-,31-/m0/s1. The predicted octanol–water partition coefficient (Wildman–Crippen LogP) is 1.24. The van der Waals surface area contributed by atoms with Gasteiger partial charge in [0.15, 0.2) is 34.7 Å². The van der Waals surface area contributed by atoms with E-state index in [9.17, 15) is 38.6 Å². The number of primary amides is 1. The average molecular weight is 578 g/mol. The number of fused-ring (bicyclic) bond motifs is 3. The van der Waals surface area contributed by atoms with E-state index in [2.05, 4.69) is 0 Å². The summed E-state index contributed by atoms with van der Waals surface area (Å²) in [6.07, 6.45) is 3.34. The minimum absolute atomic E-state index is 0.0241. The van der Waals surface area contributed by atoms with Crippen LogP contribution in [0.4, 0.5) is 10.1 Å². The molecule has 2 fully saturated rings. The smallest absolute Gasteiger partial charge is 0.235 e. The number of rotatable bonds is 5. The van der Waals surface area contributed by atoms with Crippen molar-refractivity contribution < 1.29 is 38.6 Å². The monoisotopic (exact) mass is 577 g/mol. The molecule has 10 nitrogen and oxygen atoms in total. The number of carbonyl (C=O) groups is 5. The van der Waals surface area contributed by atoms with Crippen molar-refractivity contribution in [1.29, 1.82) is 0 Å². The lowest BCUT2D eigenvalue weighted by Gasteiger charge is -2.52. The molecule has 0 radical (unpaired) electrons. The largest absolute Gasteiger partial charge is 0.507 e. The number of anilines is 1. The van der Waals surface area contributed by atoms with Gasteiger partial charge in [0.1, 0.15) is 11.6 Å². The molecular weight excluding hydrogens is 545 g/mol. The third-order valence-corrected chi connectivity index (χ3v) is 8.87. The number of ketones is 4. The molecule has 6 atom stereocenters. The zero-order valence-corrected chi connectivity index (χ0v) is 23.6. The summed E-state index contributed by atoms with van der Waals surface area (Å²) in [4.78, 5) is 70.2. The summed E-state index contributed by atoms with van der Waals surface area (Å²) in [5.74, 6) is -11.4. The Balaban J connectivity index is 1.63. The Morgan fingerprint density at radius 2 is 1.69 bits per heavy atom. The molecule has 11 heteroatoms. The molecule has 4 N–H and O–H groups in total. The van der Waals surface area contributed by atoms with Gasteiger partial charge >= 0.3 is 0 Å². The first-order valence-corrected chi connectivity index (χ1v) is 13.5. The number of hydrogen-bond donors (Lipinski definition) is 3. The van der Waals surface area contributed by atoms with Gasteiger partial charge in [-0.3, -0.25) is 28.9 Å². The van der Waals surface area contributed by atoms with E-state index in [1.54, 1.807) is 49.3 Å². The lowest BCUT2D eigenvalue weighted by Crippen LogP contribution is -2.74. The predicted molar refractivity (Wildman–Crippen MR) is 151 cm³/mol. The molecule has 0 spiro atoms. The first kappa shape index (κ1) is 29.3. The Labute approximate surface area is 241 Å². The number of Topliss-reactive ketones (excluding diaryl/α,β-unsaturated/α-hetero) is 4. The van der Waals surface area contributed by atoms with Crippen LogP contribution in [0.15, 0.2) is 30.3 Å². The number of nitrogens with zero attached hydrogens (tertiary/aromatic N) is 2. The molecular formula is C31H32FN3O7. The van der Waals surface area contributed by atoms with Crippen LogP contribution >= 0.6 is 0 Å². The van der Waals surface area contributed by atoms with Crippen molar-refractivity contribution in [3.63, 3.8) is 0 Å². The molecule has 5 rings (SSSR count). The zero-order chi connectivity index (χ0) is 30.8. The molecule has 3 aliphatic carbocycles. The average Bonchev–Trinajstić information content (AvgIpc) is 2.90. The van der Waals surface area contributed by atoms with Crippen molar-refractivity contribution in [1.82, 2.24) is 4.90 Å². The third kappa shape index (κ3) is 4.26. The van der Waals surface area contributed by atoms with E-state index >= 15 is 0 Å². The van der Waals surface area contributed by atoms with E-state index in [1.807, 2.05) is 0 Å². The molecule has 0 saturated heterocycles. The van der Waals surface area contributed by atoms with E-state index in [4.69, 9.17) is 5.73 Å². The number of carbonyl (C=O) groups excluding carboxylic acids is 5. The van der Waals surface area contributed by atoms with Gasteiger partial charge in [0, 0.05) is 31.3 Å². The van der Waals surface area contributed by atoms with Crippen LogP contribution in [-0.4, -0.2) is 84.0 Å². The summed E-state index contributed by atoms with van der Waals surface area (Å²) >= 11 is 0. The third-order valence-electron chi connectivity index (χ3n) is 8.87. The van der Waals surface area contributed by atoms with Crippen LogP contribution in [0.1, 0.15) is 33.5 Å². The van der Waals surface area contributed by atoms with E-state index in [0.29, 0.717) is 16.8 Å². The Morgan fingerprint density at radius 3 is 2.26 bits per heavy atom. The highest BCUT2D eigenvalue weighted by atomic mass is 19.1. The maximum atomic E-state index is 14.1. The number of amides is 1. The van der Waals surface area contributed by atoms with Crippen molar-refractivity contribution in [2.75, 3.05) is 33.1 Å². The number of aliphatic hydroxyl groups is 1. The lowest BCUT2D eigenvalue weighted by atomic mass is 9.52. The number of phenols is 1. The number of hydrogen-bond acceptors (Lipinski definition) is 9. The van der Waals surface area contributed by atoms with Crippen molar-refractivity contribution in [3.8, 4) is 5.75 Å². The van der Waals surface area contributed by atoms with Crippen LogP contribution in [-0.2, 0) is 25.6 Å². The summed E-state index contributed by atoms with van der Waals surface area (Å²) in [6, 6.07) is 6.22. The normalized spacial score (nSPS) is 29.0. The Bertz CT molecular complexity index is 1570. The molecule has 220 valence electrons. The fourth-order valence-corrected chi connectivity index (χ4v) is 6.96. The Kier molecular flexibility index (Phi) is 7.14. The maximum absolute atomic E-state index is 14.1. The van der Waals surface area contributed by atoms with Crippen LogP contribution in [0.25, 0.3) is 12.2 Å². The fourth-order valence-electron chi connectivity index (χ4n) is 6.96. The summed E-state index contributed by atoms with van der Waals surface area (Å²) in [5.41, 5.74) is 4.54. The fraction of sp³-hybridized carbons (Fsp3) is 0.387. The Hall–Kier alpha value is -4.22. The highest BCUT2D eigenvalue weighted by molar-refractivity contribution is 6.32. The van der Waals surface area contributed by atoms with Crippen molar-refractivity contribution in [2.24, 2.45) is 29.4 Å². The maximum Gasteiger partial charge on any atom is 0.235 e. The molecule has 2 saturated carbocycles. The number of aromatic hydroxyl groups is 1. The van der Waals surface area contributed by atoms with Crippen molar-refractivity contribution in [3.05, 3.63) is 58.4 Å². The molecule has 0 bridgehead atoms. The van der Waals surface area contributed by atoms with Gasteiger partial charge < -0.3 is 20.8 Å². The van der Waals surface area contributed by atoms with Crippen LogP contribution in [0.5, 0.6) is 5.75 Å². The van der Waals surface area contributed by atoms with Gasteiger partial charge in [0.05, 0.1) is 17.5 Å². The molecule has 3 aliphatic rings. The first-order chi connectivity index (χ1) is 19.7. The number of phenolic OH excluding ortho intramolecular Hbond substituents is 1. The van der Waals surface area contributed by atoms with E-state index in [0.717, 1.165) is 0 Å². The second-order valence-corrected chi connectivity index (χ2v) is 11.8. The van der Waals surface area contributed by atoms with Gasteiger partial charge in [-0.05, 0) is 62.2 Å². The van der Waals surface area contributed by atoms with E-state index in [-0.39, 0.29) is 29.7 Å². The van der Waals surface area contributed by atoms with Crippen molar-refractivity contribution in [2.45, 2.75) is 24.5 Å². The Morgan fingerprint density at radius 1 is 1.05 bits per heavy atom. The van der Waals surface area contributed by atoms with Crippen LogP contribution in [0.3, 0.4) is 0 Å². The molecule has 0 aromatic heterocycles. The molecule has 1 amide bonds. The van der Waals surface area contributed by atoms with Gasteiger partial charge in [-0.15, -0.1) is 0 Å². The first-order valence-electron chi connectivity index (χ1n) is 13.5. The molecule has 0 aliphatic heterocycles. The van der Waals surface area contributed by atoms with E-state index in [1.165, 1.54) is 31.1 Å². The summed E-state index contributed by atoms with van der Waals surface area (Å²) < 4.78 is 13.3. The van der Waals surface area contributed by atoms with Gasteiger partial charge in [0.25, 0.3) is 0 Å². The highest BCUT2D eigenvalue weighted by Crippen LogP contribution is 2.52. The molecule has 2 aromatic rings. The van der Waals surface area contributed by atoms with Gasteiger partial charge in [-0.25, -0.2) is 4.39 Å². The van der Waals surface area contributed by atoms with Gasteiger partial charge in [0.2, 0.25) is 5.91 Å². The topological polar surface area (TPSA) is 158 Å². The number of halogens is 1. The minimum atomic E-state index is -2.78. The SMILES string of the molecule is CN(C)c1cc(/C=C/c2ccc(F)cc2)c(O)c2c1C[C@H]1C[C@H]3[C@H](N(C)C)C(=O)C(C(N)=O)C(=O)[C@@]3(O)C(=O)C1C2=O. The molecule has 0 heterocycles. The number of nitrogens with two attached hydrogens (primary N) is 1. The lowest BCUT2D eigenvalue weighted by molar-refractivity contribution is -0.181. The summed E-state index contributed by atoms with van der Waals surface area (Å²) in [7, 11) is 6.62. The number of likely N-dealkylation sites (N-methyl/N-ethyl adjacent to an activating group) is 1. The quantitative estimate of drug-likeness (QED) is 0.351. The molecule has 42 heavy (non-hydrogen) atoms. The van der Waals surface area contributed by atoms with Gasteiger partial charge in [-0.2, -0.15) is 0 Å². The minimum Gasteiger partial charge on any atom is -0.507 e.